The smallest absolute Gasteiger partial charge is 0.187 e. The molecule has 109 valence electrons. The van der Waals surface area contributed by atoms with Crippen molar-refractivity contribution < 1.29 is 46.6 Å². The number of rotatable bonds is 4. The molecule has 0 N–H and O–H groups in total. The van der Waals surface area contributed by atoms with Crippen LogP contribution < -0.4 is 4.74 Å². The Morgan fingerprint density at radius 2 is 2.14 bits per heavy atom. The second kappa shape index (κ2) is 8.23. The van der Waals surface area contributed by atoms with Gasteiger partial charge >= 0.3 is 0 Å². The molecule has 1 heterocycles. The first-order valence-electron chi connectivity index (χ1n) is 5.89. The Hall–Kier alpha value is -0.486. The second-order valence-corrected chi connectivity index (χ2v) is 5.01. The van der Waals surface area contributed by atoms with Crippen LogP contribution >= 0.6 is 15.9 Å². The molecule has 0 saturated heterocycles. The van der Waals surface area contributed by atoms with Crippen LogP contribution in [0.15, 0.2) is 41.0 Å². The molecular formula is C15H14BrFNO2Y-. The number of allylic oxidation sites excluding steroid dienone is 3. The van der Waals surface area contributed by atoms with Gasteiger partial charge in [0.1, 0.15) is 0 Å². The average molecular weight is 428 g/mol. The summed E-state index contributed by atoms with van der Waals surface area (Å²) in [4.78, 5) is 1.75. The van der Waals surface area contributed by atoms with Gasteiger partial charge in [-0.15, -0.1) is 15.9 Å². The van der Waals surface area contributed by atoms with Gasteiger partial charge in [-0.3, -0.25) is 0 Å². The van der Waals surface area contributed by atoms with E-state index in [9.17, 15) is 4.39 Å². The van der Waals surface area contributed by atoms with Crippen LogP contribution in [0.1, 0.15) is 5.56 Å². The van der Waals surface area contributed by atoms with Crippen LogP contribution in [-0.4, -0.2) is 25.9 Å². The van der Waals surface area contributed by atoms with Crippen molar-refractivity contribution in [1.29, 1.82) is 0 Å². The zero-order valence-electron chi connectivity index (χ0n) is 11.8. The Morgan fingerprint density at radius 3 is 2.81 bits per heavy atom. The summed E-state index contributed by atoms with van der Waals surface area (Å²) in [6.07, 6.45) is 4.75. The maximum atomic E-state index is 14.2. The van der Waals surface area contributed by atoms with E-state index in [1.807, 2.05) is 0 Å². The maximum absolute atomic E-state index is 14.2. The van der Waals surface area contributed by atoms with Gasteiger partial charge in [0, 0.05) is 46.9 Å². The molecule has 0 spiro atoms. The summed E-state index contributed by atoms with van der Waals surface area (Å²) in [5.41, 5.74) is 1.62. The molecule has 1 radical (unpaired) electrons. The summed E-state index contributed by atoms with van der Waals surface area (Å²) in [6.45, 7) is 3.98. The van der Waals surface area contributed by atoms with Gasteiger partial charge in [0.05, 0.1) is 11.6 Å². The Balaban J connectivity index is 0.00000220. The van der Waals surface area contributed by atoms with Crippen LogP contribution in [0, 0.1) is 11.9 Å². The first kappa shape index (κ1) is 18.6. The predicted octanol–water partition coefficient (Wildman–Crippen LogP) is 3.69. The summed E-state index contributed by atoms with van der Waals surface area (Å²) in [5.74, 6) is 0.0209. The molecule has 0 unspecified atom stereocenters. The third kappa shape index (κ3) is 4.04. The molecule has 1 aliphatic rings. The van der Waals surface area contributed by atoms with Crippen LogP contribution in [-0.2, 0) is 37.4 Å². The number of hydrogen-bond acceptors (Lipinski definition) is 3. The van der Waals surface area contributed by atoms with E-state index < -0.39 is 0 Å². The maximum Gasteiger partial charge on any atom is 0.187 e. The molecule has 1 aromatic carbocycles. The number of benzene rings is 1. The van der Waals surface area contributed by atoms with Crippen molar-refractivity contribution in [3.05, 3.63) is 58.5 Å². The van der Waals surface area contributed by atoms with Crippen molar-refractivity contribution in [2.24, 2.45) is 0 Å². The van der Waals surface area contributed by atoms with Gasteiger partial charge in [-0.25, -0.2) is 4.39 Å². The fourth-order valence-corrected chi connectivity index (χ4v) is 2.20. The fraction of sp³-hybridized carbons (Fsp3) is 0.200. The number of halogens is 2. The van der Waals surface area contributed by atoms with Crippen LogP contribution in [0.2, 0.25) is 0 Å². The molecule has 1 aromatic rings. The standard InChI is InChI=1S/C15H14BrFNO2.Y/c1-10-11(16)7-8-13(18(10)2)15-12(17)5-4-6-14(15)20-9-19-3;/h4-7H,1,9H2,2-3H3;/q-1;. The molecule has 0 fully saturated rings. The SMILES string of the molecule is C=C1C(Br)=C[C-]=C(c2c(F)cccc2OCOC)N1C.[Y]. The molecule has 0 aliphatic carbocycles. The zero-order valence-corrected chi connectivity index (χ0v) is 16.2. The molecule has 2 rings (SSSR count). The third-order valence-corrected chi connectivity index (χ3v) is 3.58. The van der Waals surface area contributed by atoms with Crippen LogP contribution in [0.3, 0.4) is 0 Å². The van der Waals surface area contributed by atoms with Gasteiger partial charge in [-0.2, -0.15) is 12.2 Å². The van der Waals surface area contributed by atoms with Crippen molar-refractivity contribution >= 4 is 21.6 Å². The average Bonchev–Trinajstić information content (AvgIpc) is 2.44. The molecule has 1 aliphatic heterocycles. The van der Waals surface area contributed by atoms with E-state index in [1.165, 1.54) is 13.2 Å². The first-order valence-corrected chi connectivity index (χ1v) is 6.68. The van der Waals surface area contributed by atoms with Crippen LogP contribution in [0.5, 0.6) is 5.75 Å². The van der Waals surface area contributed by atoms with E-state index in [2.05, 4.69) is 28.6 Å². The quantitative estimate of drug-likeness (QED) is 0.540. The fourth-order valence-electron chi connectivity index (χ4n) is 1.82. The van der Waals surface area contributed by atoms with Gasteiger partial charge in [-0.05, 0) is 23.4 Å². The molecule has 0 amide bonds. The summed E-state index contributed by atoms with van der Waals surface area (Å²) < 4.78 is 25.3. The van der Waals surface area contributed by atoms with Crippen molar-refractivity contribution in [2.75, 3.05) is 21.0 Å². The van der Waals surface area contributed by atoms with Gasteiger partial charge in [0.15, 0.2) is 6.79 Å². The Morgan fingerprint density at radius 1 is 1.43 bits per heavy atom. The number of methoxy groups -OCH3 is 1. The molecule has 0 aromatic heterocycles. The van der Waals surface area contributed by atoms with E-state index in [0.717, 1.165) is 10.2 Å². The molecular weight excluding hydrogens is 414 g/mol. The summed E-state index contributed by atoms with van der Waals surface area (Å²) in [7, 11) is 3.31. The molecule has 21 heavy (non-hydrogen) atoms. The minimum absolute atomic E-state index is 0. The molecule has 3 nitrogen and oxygen atoms in total. The molecule has 0 atom stereocenters. The summed E-state index contributed by atoms with van der Waals surface area (Å²) in [6, 6.07) is 4.66. The Kier molecular flexibility index (Phi) is 7.27. The van der Waals surface area contributed by atoms with E-state index in [1.54, 1.807) is 30.2 Å². The normalized spacial score (nSPS) is 14.3. The third-order valence-electron chi connectivity index (χ3n) is 2.90. The van der Waals surface area contributed by atoms with E-state index in [-0.39, 0.29) is 45.3 Å². The van der Waals surface area contributed by atoms with Gasteiger partial charge in [0.2, 0.25) is 0 Å². The van der Waals surface area contributed by atoms with Crippen molar-refractivity contribution in [3.63, 3.8) is 0 Å². The Bertz CT molecular complexity index is 601. The van der Waals surface area contributed by atoms with Crippen molar-refractivity contribution in [3.8, 4) is 5.75 Å². The first-order chi connectivity index (χ1) is 9.56. The van der Waals surface area contributed by atoms with Gasteiger partial charge in [0.25, 0.3) is 0 Å². The zero-order chi connectivity index (χ0) is 14.7. The minimum atomic E-state index is -0.382. The predicted molar refractivity (Wildman–Crippen MR) is 79.5 cm³/mol. The molecule has 6 heteroatoms. The minimum Gasteiger partial charge on any atom is -0.480 e. The number of ether oxygens (including phenoxy) is 2. The van der Waals surface area contributed by atoms with Crippen molar-refractivity contribution in [2.45, 2.75) is 0 Å². The number of hydrogen-bond donors (Lipinski definition) is 0. The van der Waals surface area contributed by atoms with E-state index in [0.29, 0.717) is 17.0 Å². The largest absolute Gasteiger partial charge is 0.480 e. The second-order valence-electron chi connectivity index (χ2n) is 4.15. The number of nitrogens with zero attached hydrogens (tertiary/aromatic N) is 1. The summed E-state index contributed by atoms with van der Waals surface area (Å²) >= 11 is 3.37. The van der Waals surface area contributed by atoms with E-state index in [4.69, 9.17) is 9.47 Å². The van der Waals surface area contributed by atoms with Crippen molar-refractivity contribution in [1.82, 2.24) is 4.90 Å². The van der Waals surface area contributed by atoms with E-state index >= 15 is 0 Å². The van der Waals surface area contributed by atoms with Crippen LogP contribution in [0.25, 0.3) is 5.70 Å². The summed E-state index contributed by atoms with van der Waals surface area (Å²) in [5, 5.41) is 0. The topological polar surface area (TPSA) is 21.7 Å². The van der Waals surface area contributed by atoms with Gasteiger partial charge in [-0.1, -0.05) is 22.8 Å². The van der Waals surface area contributed by atoms with Gasteiger partial charge < -0.3 is 14.4 Å². The molecule has 0 saturated carbocycles. The number of likely N-dealkylation sites (N-methyl/N-ethyl adjacent to an activating group) is 1. The Labute approximate surface area is 157 Å². The van der Waals surface area contributed by atoms with Crippen LogP contribution in [0.4, 0.5) is 4.39 Å². The molecule has 0 bridgehead atoms. The monoisotopic (exact) mass is 427 g/mol.